The first-order valence-electron chi connectivity index (χ1n) is 9.34. The third-order valence-corrected chi connectivity index (χ3v) is 4.85. The van der Waals surface area contributed by atoms with E-state index in [1.807, 2.05) is 37.3 Å². The number of likely N-dealkylation sites (tertiary alicyclic amines) is 1. The van der Waals surface area contributed by atoms with E-state index in [1.54, 1.807) is 0 Å². The Morgan fingerprint density at radius 2 is 2.23 bits per heavy atom. The molecule has 0 spiro atoms. The molecule has 7 heteroatoms. The number of guanidine groups is 1. The Kier molecular flexibility index (Phi) is 6.22. The normalized spacial score (nSPS) is 19.6. The molecule has 7 nitrogen and oxygen atoms in total. The molecule has 0 bridgehead atoms. The molecule has 26 heavy (non-hydrogen) atoms. The smallest absolute Gasteiger partial charge is 0.231 e. The largest absolute Gasteiger partial charge is 0.370 e. The van der Waals surface area contributed by atoms with Gasteiger partial charge in [-0.15, -0.1) is 0 Å². The first-order valence-corrected chi connectivity index (χ1v) is 9.34. The molecule has 2 unspecified atom stereocenters. The van der Waals surface area contributed by atoms with Gasteiger partial charge in [-0.2, -0.15) is 4.98 Å². The summed E-state index contributed by atoms with van der Waals surface area (Å²) in [5, 5.41) is 7.30. The van der Waals surface area contributed by atoms with Crippen molar-refractivity contribution in [3.63, 3.8) is 0 Å². The number of hydrogen-bond donors (Lipinski definition) is 2. The van der Waals surface area contributed by atoms with Crippen LogP contribution in [0.25, 0.3) is 11.4 Å². The zero-order valence-electron chi connectivity index (χ0n) is 15.6. The Labute approximate surface area is 154 Å². The van der Waals surface area contributed by atoms with Crippen molar-refractivity contribution in [2.45, 2.75) is 38.6 Å². The van der Waals surface area contributed by atoms with Crippen molar-refractivity contribution in [3.05, 3.63) is 36.2 Å². The highest BCUT2D eigenvalue weighted by atomic mass is 16.5. The number of nitrogens with two attached hydrogens (primary N) is 1. The van der Waals surface area contributed by atoms with Gasteiger partial charge in [0.05, 0.1) is 12.5 Å². The van der Waals surface area contributed by atoms with Crippen molar-refractivity contribution in [2.24, 2.45) is 10.7 Å². The summed E-state index contributed by atoms with van der Waals surface area (Å²) in [4.78, 5) is 11.4. The summed E-state index contributed by atoms with van der Waals surface area (Å²) in [5.74, 6) is 1.67. The van der Waals surface area contributed by atoms with E-state index in [1.165, 1.54) is 19.4 Å². The molecule has 1 fully saturated rings. The minimum atomic E-state index is 0.0129. The highest BCUT2D eigenvalue weighted by Crippen LogP contribution is 2.19. The van der Waals surface area contributed by atoms with E-state index in [0.29, 0.717) is 30.3 Å². The third kappa shape index (κ3) is 4.60. The van der Waals surface area contributed by atoms with Crippen molar-refractivity contribution >= 4 is 5.96 Å². The minimum absolute atomic E-state index is 0.0129. The van der Waals surface area contributed by atoms with Crippen molar-refractivity contribution in [1.29, 1.82) is 0 Å². The van der Waals surface area contributed by atoms with Gasteiger partial charge in [0, 0.05) is 18.2 Å². The average Bonchev–Trinajstić information content (AvgIpc) is 3.34. The fourth-order valence-electron chi connectivity index (χ4n) is 3.27. The number of likely N-dealkylation sites (N-methyl/N-ethyl adjacent to an activating group) is 1. The first kappa shape index (κ1) is 18.4. The Bertz CT molecular complexity index is 714. The number of hydrogen-bond acceptors (Lipinski definition) is 5. The second-order valence-electron chi connectivity index (χ2n) is 6.75. The zero-order valence-corrected chi connectivity index (χ0v) is 15.6. The van der Waals surface area contributed by atoms with Crippen molar-refractivity contribution < 1.29 is 4.52 Å². The van der Waals surface area contributed by atoms with Gasteiger partial charge in [-0.1, -0.05) is 49.3 Å². The molecule has 3 rings (SSSR count). The lowest BCUT2D eigenvalue weighted by Gasteiger charge is -2.23. The number of nitrogens with one attached hydrogen (secondary N) is 1. The van der Waals surface area contributed by atoms with Crippen LogP contribution in [0.5, 0.6) is 0 Å². The highest BCUT2D eigenvalue weighted by Gasteiger charge is 2.22. The maximum absolute atomic E-state index is 6.02. The molecule has 2 aromatic rings. The van der Waals surface area contributed by atoms with Gasteiger partial charge in [0.25, 0.3) is 0 Å². The van der Waals surface area contributed by atoms with Crippen LogP contribution in [0, 0.1) is 0 Å². The standard InChI is InChI=1S/C19H28N6O/c1-3-25-11-7-10-16(25)13-22-19(20)21-12-14(2)18-23-17(24-26-18)15-8-5-4-6-9-15/h4-6,8-9,14,16H,3,7,10-13H2,1-2H3,(H3,20,21,22). The van der Waals surface area contributed by atoms with Gasteiger partial charge in [0.15, 0.2) is 5.96 Å². The number of aliphatic imine (C=N–C) groups is 1. The molecule has 0 aliphatic carbocycles. The van der Waals surface area contributed by atoms with E-state index in [2.05, 4.69) is 32.3 Å². The van der Waals surface area contributed by atoms with E-state index < -0.39 is 0 Å². The van der Waals surface area contributed by atoms with Crippen LogP contribution in [-0.2, 0) is 0 Å². The topological polar surface area (TPSA) is 92.6 Å². The lowest BCUT2D eigenvalue weighted by molar-refractivity contribution is 0.267. The Hall–Kier alpha value is -2.41. The van der Waals surface area contributed by atoms with E-state index in [4.69, 9.17) is 10.3 Å². The molecule has 1 aliphatic heterocycles. The molecule has 1 saturated heterocycles. The van der Waals surface area contributed by atoms with Gasteiger partial charge < -0.3 is 15.6 Å². The number of benzene rings is 1. The molecular weight excluding hydrogens is 328 g/mol. The summed E-state index contributed by atoms with van der Waals surface area (Å²) < 4.78 is 5.38. The van der Waals surface area contributed by atoms with Gasteiger partial charge in [-0.25, -0.2) is 0 Å². The van der Waals surface area contributed by atoms with Gasteiger partial charge in [0.2, 0.25) is 11.7 Å². The van der Waals surface area contributed by atoms with Crippen LogP contribution in [0.4, 0.5) is 0 Å². The number of nitrogens with zero attached hydrogens (tertiary/aromatic N) is 4. The Morgan fingerprint density at radius 3 is 3.00 bits per heavy atom. The number of aromatic nitrogens is 2. The van der Waals surface area contributed by atoms with Crippen LogP contribution in [0.1, 0.15) is 38.5 Å². The lowest BCUT2D eigenvalue weighted by Crippen LogP contribution is -2.42. The number of rotatable bonds is 7. The average molecular weight is 356 g/mol. The van der Waals surface area contributed by atoms with Gasteiger partial charge in [0.1, 0.15) is 0 Å². The van der Waals surface area contributed by atoms with Crippen LogP contribution < -0.4 is 11.1 Å². The summed E-state index contributed by atoms with van der Waals surface area (Å²) in [6.07, 6.45) is 2.48. The summed E-state index contributed by atoms with van der Waals surface area (Å²) in [6.45, 7) is 7.83. The van der Waals surface area contributed by atoms with E-state index in [9.17, 15) is 0 Å². The molecule has 2 heterocycles. The predicted molar refractivity (Wildman–Crippen MR) is 103 cm³/mol. The van der Waals surface area contributed by atoms with Crippen LogP contribution in [0.3, 0.4) is 0 Å². The quantitative estimate of drug-likeness (QED) is 0.584. The van der Waals surface area contributed by atoms with E-state index in [-0.39, 0.29) is 5.92 Å². The maximum Gasteiger partial charge on any atom is 0.231 e. The molecule has 1 aromatic heterocycles. The first-order chi connectivity index (χ1) is 12.7. The van der Waals surface area contributed by atoms with E-state index >= 15 is 0 Å². The SMILES string of the molecule is CCN1CCCC1CNC(N)=NCC(C)c1nc(-c2ccccc2)no1. The third-order valence-electron chi connectivity index (χ3n) is 4.85. The molecule has 3 N–H and O–H groups in total. The van der Waals surface area contributed by atoms with Crippen LogP contribution in [-0.4, -0.2) is 53.2 Å². The monoisotopic (exact) mass is 356 g/mol. The molecule has 1 aromatic carbocycles. The summed E-state index contributed by atoms with van der Waals surface area (Å²) in [5.41, 5.74) is 6.96. The summed E-state index contributed by atoms with van der Waals surface area (Å²) in [6, 6.07) is 10.3. The maximum atomic E-state index is 6.02. The van der Waals surface area contributed by atoms with Crippen molar-refractivity contribution in [2.75, 3.05) is 26.2 Å². The predicted octanol–water partition coefficient (Wildman–Crippen LogP) is 2.23. The summed E-state index contributed by atoms with van der Waals surface area (Å²) in [7, 11) is 0. The summed E-state index contributed by atoms with van der Waals surface area (Å²) >= 11 is 0. The van der Waals surface area contributed by atoms with Gasteiger partial charge in [-0.05, 0) is 25.9 Å². The fourth-order valence-corrected chi connectivity index (χ4v) is 3.27. The van der Waals surface area contributed by atoms with Crippen LogP contribution in [0.15, 0.2) is 39.8 Å². The molecule has 0 amide bonds. The van der Waals surface area contributed by atoms with Gasteiger partial charge in [-0.3, -0.25) is 9.89 Å². The fraction of sp³-hybridized carbons (Fsp3) is 0.526. The minimum Gasteiger partial charge on any atom is -0.370 e. The van der Waals surface area contributed by atoms with Crippen LogP contribution >= 0.6 is 0 Å². The van der Waals surface area contributed by atoms with Crippen molar-refractivity contribution in [1.82, 2.24) is 20.4 Å². The molecule has 0 radical (unpaired) electrons. The second-order valence-corrected chi connectivity index (χ2v) is 6.75. The zero-order chi connectivity index (χ0) is 18.4. The molecule has 2 atom stereocenters. The van der Waals surface area contributed by atoms with E-state index in [0.717, 1.165) is 18.7 Å². The highest BCUT2D eigenvalue weighted by molar-refractivity contribution is 5.77. The lowest BCUT2D eigenvalue weighted by atomic mass is 10.2. The molecular formula is C19H28N6O. The van der Waals surface area contributed by atoms with Gasteiger partial charge >= 0.3 is 0 Å². The Balaban J connectivity index is 1.50. The Morgan fingerprint density at radius 1 is 1.42 bits per heavy atom. The van der Waals surface area contributed by atoms with Crippen molar-refractivity contribution in [3.8, 4) is 11.4 Å². The molecule has 1 aliphatic rings. The second kappa shape index (κ2) is 8.80. The molecule has 140 valence electrons. The molecule has 0 saturated carbocycles. The van der Waals surface area contributed by atoms with Crippen LogP contribution in [0.2, 0.25) is 0 Å².